The number of likely N-dealkylation sites (N-methyl/N-ethyl adjacent to an activating group) is 1. The molecular weight excluding hydrogens is 278 g/mol. The number of rotatable bonds is 7. The Morgan fingerprint density at radius 3 is 2.68 bits per heavy atom. The number of carbonyl (C=O) groups excluding carboxylic acids is 1. The summed E-state index contributed by atoms with van der Waals surface area (Å²) in [5.74, 6) is -0.155. The van der Waals surface area contributed by atoms with Crippen molar-refractivity contribution in [3.8, 4) is 0 Å². The molecule has 0 bridgehead atoms. The lowest BCUT2D eigenvalue weighted by atomic mass is 10.3. The molecule has 0 saturated carbocycles. The van der Waals surface area contributed by atoms with Gasteiger partial charge in [-0.05, 0) is 38.4 Å². The third-order valence-electron chi connectivity index (χ3n) is 3.04. The van der Waals surface area contributed by atoms with Gasteiger partial charge in [-0.3, -0.25) is 9.78 Å². The summed E-state index contributed by atoms with van der Waals surface area (Å²) >= 11 is 0. The normalized spacial score (nSPS) is 10.5. The number of amides is 1. The van der Waals surface area contributed by atoms with E-state index in [2.05, 4.69) is 20.6 Å². The maximum Gasteiger partial charge on any atom is 0.269 e. The van der Waals surface area contributed by atoms with Gasteiger partial charge in [-0.2, -0.15) is 0 Å². The van der Waals surface area contributed by atoms with Crippen LogP contribution in [0.25, 0.3) is 0 Å². The van der Waals surface area contributed by atoms with E-state index >= 15 is 0 Å². The molecule has 0 aliphatic carbocycles. The Balaban J connectivity index is 1.83. The number of hydrogen-bond donors (Lipinski definition) is 2. The average molecular weight is 299 g/mol. The Kier molecular flexibility index (Phi) is 5.85. The first kappa shape index (κ1) is 15.9. The largest absolute Gasteiger partial charge is 0.378 e. The molecule has 0 saturated heterocycles. The average Bonchev–Trinajstić information content (AvgIpc) is 2.54. The number of nitrogens with zero attached hydrogens (tertiary/aromatic N) is 3. The highest BCUT2D eigenvalue weighted by molar-refractivity contribution is 5.92. The van der Waals surface area contributed by atoms with E-state index in [1.165, 1.54) is 0 Å². The van der Waals surface area contributed by atoms with Crippen LogP contribution in [0.3, 0.4) is 0 Å². The Morgan fingerprint density at radius 1 is 1.18 bits per heavy atom. The fraction of sp³-hybridized carbons (Fsp3) is 0.312. The van der Waals surface area contributed by atoms with Gasteiger partial charge in [0.2, 0.25) is 0 Å². The van der Waals surface area contributed by atoms with Gasteiger partial charge in [-0.15, -0.1) is 0 Å². The Labute approximate surface area is 130 Å². The first-order valence-electron chi connectivity index (χ1n) is 7.18. The summed E-state index contributed by atoms with van der Waals surface area (Å²) in [5.41, 5.74) is 2.23. The standard InChI is InChI=1S/C16H21N5O/c1-21(2)10-9-18-16(22)15-7-6-14(12-20-15)19-11-13-5-3-4-8-17-13/h3-8,12,19H,9-11H2,1-2H3,(H,18,22). The molecular formula is C16H21N5O. The van der Waals surface area contributed by atoms with Crippen LogP contribution in [0.2, 0.25) is 0 Å². The zero-order valence-electron chi connectivity index (χ0n) is 12.9. The monoisotopic (exact) mass is 299 g/mol. The molecule has 2 aromatic rings. The van der Waals surface area contributed by atoms with Gasteiger partial charge in [-0.1, -0.05) is 6.07 Å². The number of aromatic nitrogens is 2. The lowest BCUT2D eigenvalue weighted by Gasteiger charge is -2.10. The molecule has 0 fully saturated rings. The zero-order valence-corrected chi connectivity index (χ0v) is 12.9. The molecule has 0 unspecified atom stereocenters. The van der Waals surface area contributed by atoms with Crippen molar-refractivity contribution in [2.75, 3.05) is 32.5 Å². The molecule has 0 aliphatic rings. The Morgan fingerprint density at radius 2 is 2.05 bits per heavy atom. The predicted molar refractivity (Wildman–Crippen MR) is 86.7 cm³/mol. The summed E-state index contributed by atoms with van der Waals surface area (Å²) in [5, 5.41) is 6.06. The minimum Gasteiger partial charge on any atom is -0.378 e. The zero-order chi connectivity index (χ0) is 15.8. The van der Waals surface area contributed by atoms with Crippen molar-refractivity contribution in [1.82, 2.24) is 20.2 Å². The summed E-state index contributed by atoms with van der Waals surface area (Å²) in [7, 11) is 3.93. The van der Waals surface area contributed by atoms with E-state index in [9.17, 15) is 4.79 Å². The Bertz CT molecular complexity index is 583. The lowest BCUT2D eigenvalue weighted by molar-refractivity contribution is 0.0946. The van der Waals surface area contributed by atoms with Crippen molar-refractivity contribution in [3.05, 3.63) is 54.1 Å². The van der Waals surface area contributed by atoms with Gasteiger partial charge in [0, 0.05) is 19.3 Å². The summed E-state index contributed by atoms with van der Waals surface area (Å²) in [6.45, 7) is 2.03. The minimum atomic E-state index is -0.155. The van der Waals surface area contributed by atoms with Crippen molar-refractivity contribution in [1.29, 1.82) is 0 Å². The number of pyridine rings is 2. The maximum atomic E-state index is 11.9. The fourth-order valence-corrected chi connectivity index (χ4v) is 1.81. The Hall–Kier alpha value is -2.47. The van der Waals surface area contributed by atoms with Gasteiger partial charge in [-0.25, -0.2) is 4.98 Å². The first-order chi connectivity index (χ1) is 10.6. The SMILES string of the molecule is CN(C)CCNC(=O)c1ccc(NCc2ccccn2)cn1. The second kappa shape index (κ2) is 8.09. The lowest BCUT2D eigenvalue weighted by Crippen LogP contribution is -2.31. The van der Waals surface area contributed by atoms with Crippen LogP contribution in [-0.2, 0) is 6.54 Å². The van der Waals surface area contributed by atoms with Gasteiger partial charge in [0.1, 0.15) is 5.69 Å². The number of hydrogen-bond acceptors (Lipinski definition) is 5. The number of anilines is 1. The van der Waals surface area contributed by atoms with Crippen LogP contribution in [0.5, 0.6) is 0 Å². The predicted octanol–water partition coefficient (Wildman–Crippen LogP) is 1.38. The number of nitrogens with one attached hydrogen (secondary N) is 2. The van der Waals surface area contributed by atoms with E-state index in [0.29, 0.717) is 18.8 Å². The first-order valence-corrected chi connectivity index (χ1v) is 7.18. The van der Waals surface area contributed by atoms with Gasteiger partial charge in [0.05, 0.1) is 24.1 Å². The van der Waals surface area contributed by atoms with Crippen LogP contribution in [-0.4, -0.2) is 48.0 Å². The highest BCUT2D eigenvalue weighted by atomic mass is 16.1. The molecule has 0 spiro atoms. The fourth-order valence-electron chi connectivity index (χ4n) is 1.81. The van der Waals surface area contributed by atoms with E-state index in [1.807, 2.05) is 43.3 Å². The van der Waals surface area contributed by atoms with Gasteiger partial charge in [0.25, 0.3) is 5.91 Å². The van der Waals surface area contributed by atoms with Crippen LogP contribution < -0.4 is 10.6 Å². The second-order valence-electron chi connectivity index (χ2n) is 5.17. The van der Waals surface area contributed by atoms with E-state index in [0.717, 1.165) is 17.9 Å². The second-order valence-corrected chi connectivity index (χ2v) is 5.17. The third-order valence-corrected chi connectivity index (χ3v) is 3.04. The molecule has 0 radical (unpaired) electrons. The van der Waals surface area contributed by atoms with Crippen LogP contribution in [0.15, 0.2) is 42.7 Å². The summed E-state index contributed by atoms with van der Waals surface area (Å²) in [4.78, 5) is 22.3. The maximum absolute atomic E-state index is 11.9. The van der Waals surface area contributed by atoms with Crippen molar-refractivity contribution in [2.45, 2.75) is 6.54 Å². The topological polar surface area (TPSA) is 70.2 Å². The smallest absolute Gasteiger partial charge is 0.269 e. The van der Waals surface area contributed by atoms with Crippen molar-refractivity contribution >= 4 is 11.6 Å². The van der Waals surface area contributed by atoms with Gasteiger partial charge < -0.3 is 15.5 Å². The van der Waals surface area contributed by atoms with Crippen LogP contribution in [0, 0.1) is 0 Å². The van der Waals surface area contributed by atoms with Gasteiger partial charge >= 0.3 is 0 Å². The molecule has 1 amide bonds. The van der Waals surface area contributed by atoms with Crippen molar-refractivity contribution in [3.63, 3.8) is 0 Å². The van der Waals surface area contributed by atoms with Crippen molar-refractivity contribution in [2.24, 2.45) is 0 Å². The molecule has 0 aromatic carbocycles. The quantitative estimate of drug-likeness (QED) is 0.808. The summed E-state index contributed by atoms with van der Waals surface area (Å²) in [6.07, 6.45) is 3.42. The van der Waals surface area contributed by atoms with E-state index in [4.69, 9.17) is 0 Å². The molecule has 2 aromatic heterocycles. The van der Waals surface area contributed by atoms with Gasteiger partial charge in [0.15, 0.2) is 0 Å². The highest BCUT2D eigenvalue weighted by Gasteiger charge is 2.06. The van der Waals surface area contributed by atoms with Crippen molar-refractivity contribution < 1.29 is 4.79 Å². The molecule has 6 heteroatoms. The number of carbonyl (C=O) groups is 1. The molecule has 2 rings (SSSR count). The highest BCUT2D eigenvalue weighted by Crippen LogP contribution is 2.07. The third kappa shape index (κ3) is 5.14. The van der Waals surface area contributed by atoms with Crippen LogP contribution >= 0.6 is 0 Å². The molecule has 22 heavy (non-hydrogen) atoms. The van der Waals surface area contributed by atoms with E-state index in [-0.39, 0.29) is 5.91 Å². The molecule has 2 N–H and O–H groups in total. The summed E-state index contributed by atoms with van der Waals surface area (Å²) in [6, 6.07) is 9.34. The molecule has 0 aliphatic heterocycles. The van der Waals surface area contributed by atoms with Crippen LogP contribution in [0.4, 0.5) is 5.69 Å². The van der Waals surface area contributed by atoms with E-state index in [1.54, 1.807) is 18.5 Å². The minimum absolute atomic E-state index is 0.155. The molecule has 0 atom stereocenters. The molecule has 116 valence electrons. The van der Waals surface area contributed by atoms with Crippen LogP contribution in [0.1, 0.15) is 16.2 Å². The molecule has 6 nitrogen and oxygen atoms in total. The summed E-state index contributed by atoms with van der Waals surface area (Å²) < 4.78 is 0. The van der Waals surface area contributed by atoms with E-state index < -0.39 is 0 Å². The molecule has 2 heterocycles.